The van der Waals surface area contributed by atoms with E-state index in [1.165, 1.54) is 31.4 Å². The lowest BCUT2D eigenvalue weighted by Gasteiger charge is -2.22. The van der Waals surface area contributed by atoms with Crippen molar-refractivity contribution >= 4 is 44.0 Å². The molecule has 2 aromatic heterocycles. The third-order valence-corrected chi connectivity index (χ3v) is 6.80. The van der Waals surface area contributed by atoms with Gasteiger partial charge in [-0.1, -0.05) is 12.8 Å². The number of fused-ring (bicyclic) bond motifs is 1. The number of benzene rings is 1. The maximum Gasteiger partial charge on any atom is 0.231 e. The number of nitrogens with one attached hydrogen (secondary N) is 3. The summed E-state index contributed by atoms with van der Waals surface area (Å²) >= 11 is 0. The van der Waals surface area contributed by atoms with Crippen LogP contribution in [0.25, 0.3) is 11.0 Å². The number of hydrogen-bond donors (Lipinski definition) is 3. The van der Waals surface area contributed by atoms with Gasteiger partial charge in [-0.25, -0.2) is 8.42 Å². The highest BCUT2D eigenvalue weighted by molar-refractivity contribution is 7.90. The molecule has 3 aromatic rings. The molecular weight excluding hydrogens is 414 g/mol. The van der Waals surface area contributed by atoms with Crippen LogP contribution in [0, 0.1) is 0 Å². The van der Waals surface area contributed by atoms with E-state index in [2.05, 4.69) is 47.8 Å². The number of hydrogen-bond acceptors (Lipinski definition) is 8. The van der Waals surface area contributed by atoms with Gasteiger partial charge >= 0.3 is 0 Å². The second-order valence-electron chi connectivity index (χ2n) is 8.41. The summed E-state index contributed by atoms with van der Waals surface area (Å²) < 4.78 is 24.3. The minimum Gasteiger partial charge on any atom is -0.372 e. The number of sulfone groups is 1. The van der Waals surface area contributed by atoms with Crippen LogP contribution in [0.15, 0.2) is 29.3 Å². The normalized spacial score (nSPS) is 17.5. The number of rotatable bonds is 6. The van der Waals surface area contributed by atoms with E-state index in [0.29, 0.717) is 28.8 Å². The van der Waals surface area contributed by atoms with Crippen molar-refractivity contribution in [3.05, 3.63) is 24.3 Å². The predicted octanol–water partition coefficient (Wildman–Crippen LogP) is 3.45. The Balaban J connectivity index is 1.42. The summed E-state index contributed by atoms with van der Waals surface area (Å²) in [5, 5.41) is 13.7. The van der Waals surface area contributed by atoms with Gasteiger partial charge in [-0.3, -0.25) is 5.10 Å². The summed E-state index contributed by atoms with van der Waals surface area (Å²) in [6.07, 6.45) is 8.33. The van der Waals surface area contributed by atoms with Crippen LogP contribution in [-0.4, -0.2) is 54.0 Å². The van der Waals surface area contributed by atoms with Crippen molar-refractivity contribution in [3.63, 3.8) is 0 Å². The smallest absolute Gasteiger partial charge is 0.231 e. The molecule has 10 heteroatoms. The molecule has 0 spiro atoms. The van der Waals surface area contributed by atoms with Gasteiger partial charge < -0.3 is 15.5 Å². The molecule has 3 N–H and O–H groups in total. The van der Waals surface area contributed by atoms with Gasteiger partial charge in [0.05, 0.1) is 0 Å². The number of H-pyrrole nitrogens is 1. The molecule has 31 heavy (non-hydrogen) atoms. The van der Waals surface area contributed by atoms with Crippen LogP contribution in [-0.2, 0) is 9.84 Å². The third kappa shape index (κ3) is 4.43. The first-order valence-electron chi connectivity index (χ1n) is 10.8. The Bertz CT molecular complexity index is 1180. The second-order valence-corrected chi connectivity index (χ2v) is 10.4. The standard InChI is InChI=1S/C21H27N7O2S/c1-31(29,30)20-17-18(22-14-6-7-14)24-21(25-19(17)26-27-20)23-15-8-10-16(11-9-15)28-12-4-2-3-5-13-28/h8-11,14H,2-7,12-13H2,1H3,(H3,22,23,24,25,26,27). The Kier molecular flexibility index (Phi) is 5.17. The number of nitrogens with zero attached hydrogens (tertiary/aromatic N) is 4. The molecule has 0 atom stereocenters. The van der Waals surface area contributed by atoms with Crippen molar-refractivity contribution in [3.8, 4) is 0 Å². The van der Waals surface area contributed by atoms with Crippen molar-refractivity contribution in [2.45, 2.75) is 49.6 Å². The van der Waals surface area contributed by atoms with Crippen molar-refractivity contribution in [2.75, 3.05) is 34.9 Å². The number of aromatic amines is 1. The van der Waals surface area contributed by atoms with Gasteiger partial charge in [0.2, 0.25) is 5.95 Å². The van der Waals surface area contributed by atoms with Crippen LogP contribution < -0.4 is 15.5 Å². The fraction of sp³-hybridized carbons (Fsp3) is 0.476. The molecule has 5 rings (SSSR count). The van der Waals surface area contributed by atoms with Crippen molar-refractivity contribution < 1.29 is 8.42 Å². The Morgan fingerprint density at radius 2 is 1.74 bits per heavy atom. The summed E-state index contributed by atoms with van der Waals surface area (Å²) in [4.78, 5) is 11.5. The van der Waals surface area contributed by atoms with E-state index in [1.54, 1.807) is 0 Å². The third-order valence-electron chi connectivity index (χ3n) is 5.76. The van der Waals surface area contributed by atoms with Crippen LogP contribution >= 0.6 is 0 Å². The van der Waals surface area contributed by atoms with E-state index in [0.717, 1.165) is 37.9 Å². The quantitative estimate of drug-likeness (QED) is 0.533. The Hall–Kier alpha value is -2.88. The minimum atomic E-state index is -3.48. The molecule has 0 unspecified atom stereocenters. The van der Waals surface area contributed by atoms with E-state index < -0.39 is 9.84 Å². The zero-order chi connectivity index (χ0) is 21.4. The fourth-order valence-electron chi connectivity index (χ4n) is 3.96. The van der Waals surface area contributed by atoms with Crippen LogP contribution in [0.3, 0.4) is 0 Å². The molecular formula is C21H27N7O2S. The zero-order valence-corrected chi connectivity index (χ0v) is 18.4. The first-order chi connectivity index (χ1) is 15.0. The molecule has 1 saturated carbocycles. The summed E-state index contributed by atoms with van der Waals surface area (Å²) in [6.45, 7) is 2.20. The highest BCUT2D eigenvalue weighted by Gasteiger charge is 2.27. The lowest BCUT2D eigenvalue weighted by Crippen LogP contribution is -2.23. The summed E-state index contributed by atoms with van der Waals surface area (Å²) in [7, 11) is -3.48. The summed E-state index contributed by atoms with van der Waals surface area (Å²) in [6, 6.07) is 8.58. The molecule has 1 aliphatic carbocycles. The highest BCUT2D eigenvalue weighted by atomic mass is 32.2. The Morgan fingerprint density at radius 1 is 1.03 bits per heavy atom. The largest absolute Gasteiger partial charge is 0.372 e. The van der Waals surface area contributed by atoms with Gasteiger partial charge in [-0.15, -0.1) is 0 Å². The molecule has 2 aliphatic rings. The average Bonchev–Trinajstić information content (AvgIpc) is 3.49. The molecule has 0 bridgehead atoms. The molecule has 0 radical (unpaired) electrons. The Labute approximate surface area is 181 Å². The van der Waals surface area contributed by atoms with Gasteiger partial charge in [-0.05, 0) is 49.9 Å². The van der Waals surface area contributed by atoms with Crippen molar-refractivity contribution in [1.29, 1.82) is 0 Å². The van der Waals surface area contributed by atoms with E-state index >= 15 is 0 Å². The van der Waals surface area contributed by atoms with Gasteiger partial charge in [0.15, 0.2) is 20.5 Å². The maximum absolute atomic E-state index is 12.1. The van der Waals surface area contributed by atoms with Gasteiger partial charge in [-0.2, -0.15) is 15.1 Å². The summed E-state index contributed by atoms with van der Waals surface area (Å²) in [5.41, 5.74) is 2.42. The molecule has 3 heterocycles. The molecule has 2 fully saturated rings. The van der Waals surface area contributed by atoms with Crippen molar-refractivity contribution in [2.24, 2.45) is 0 Å². The van der Waals surface area contributed by atoms with Crippen LogP contribution in [0.4, 0.5) is 23.1 Å². The topological polar surface area (TPSA) is 116 Å². The predicted molar refractivity (Wildman–Crippen MR) is 122 cm³/mol. The maximum atomic E-state index is 12.1. The summed E-state index contributed by atoms with van der Waals surface area (Å²) in [5.74, 6) is 0.870. The van der Waals surface area contributed by atoms with E-state index in [-0.39, 0.29) is 5.03 Å². The molecule has 9 nitrogen and oxygen atoms in total. The zero-order valence-electron chi connectivity index (χ0n) is 17.6. The van der Waals surface area contributed by atoms with E-state index in [9.17, 15) is 8.42 Å². The van der Waals surface area contributed by atoms with E-state index in [4.69, 9.17) is 0 Å². The van der Waals surface area contributed by atoms with Crippen LogP contribution in [0.1, 0.15) is 38.5 Å². The average molecular weight is 442 g/mol. The van der Waals surface area contributed by atoms with Gasteiger partial charge in [0, 0.05) is 36.8 Å². The van der Waals surface area contributed by atoms with Gasteiger partial charge in [0.1, 0.15) is 11.2 Å². The molecule has 1 aliphatic heterocycles. The van der Waals surface area contributed by atoms with Crippen LogP contribution in [0.5, 0.6) is 0 Å². The minimum absolute atomic E-state index is 0.0407. The SMILES string of the molecule is CS(=O)(=O)c1[nH]nc2nc(Nc3ccc(N4CCCCCC4)cc3)nc(NC3CC3)c12. The first kappa shape index (κ1) is 20.0. The number of anilines is 4. The monoisotopic (exact) mass is 441 g/mol. The highest BCUT2D eigenvalue weighted by Crippen LogP contribution is 2.32. The Morgan fingerprint density at radius 3 is 2.39 bits per heavy atom. The molecule has 1 saturated heterocycles. The second kappa shape index (κ2) is 7.99. The van der Waals surface area contributed by atoms with Crippen LogP contribution in [0.2, 0.25) is 0 Å². The van der Waals surface area contributed by atoms with E-state index in [1.807, 2.05) is 12.1 Å². The number of aromatic nitrogens is 4. The molecule has 1 aromatic carbocycles. The molecule has 164 valence electrons. The van der Waals surface area contributed by atoms with Gasteiger partial charge in [0.25, 0.3) is 0 Å². The lowest BCUT2D eigenvalue weighted by molar-refractivity contribution is 0.598. The fourth-order valence-corrected chi connectivity index (χ4v) is 4.73. The lowest BCUT2D eigenvalue weighted by atomic mass is 10.2. The molecule has 0 amide bonds. The van der Waals surface area contributed by atoms with Crippen molar-refractivity contribution in [1.82, 2.24) is 20.2 Å². The first-order valence-corrected chi connectivity index (χ1v) is 12.7.